The zero-order chi connectivity index (χ0) is 16.0. The molecule has 0 aliphatic heterocycles. The smallest absolute Gasteiger partial charge is 0.338 e. The number of amides is 1. The highest BCUT2D eigenvalue weighted by molar-refractivity contribution is 6.06. The number of carbonyl (C=O) groups excluding carboxylic acids is 2. The largest absolute Gasteiger partial charge is 0.480 e. The lowest BCUT2D eigenvalue weighted by atomic mass is 10.0. The molecule has 0 aliphatic rings. The van der Waals surface area contributed by atoms with Crippen LogP contribution < -0.4 is 5.32 Å². The fourth-order valence-corrected chi connectivity index (χ4v) is 1.90. The molecule has 1 unspecified atom stereocenters. The van der Waals surface area contributed by atoms with Gasteiger partial charge in [-0.15, -0.1) is 0 Å². The van der Waals surface area contributed by atoms with Crippen molar-refractivity contribution in [2.75, 3.05) is 7.11 Å². The lowest BCUT2D eigenvalue weighted by Crippen LogP contribution is -2.42. The molecule has 0 bridgehead atoms. The first-order chi connectivity index (χ1) is 9.86. The molecular weight excluding hydrogens is 274 g/mol. The van der Waals surface area contributed by atoms with Gasteiger partial charge in [0.25, 0.3) is 5.91 Å². The fourth-order valence-electron chi connectivity index (χ4n) is 1.90. The van der Waals surface area contributed by atoms with Gasteiger partial charge in [-0.3, -0.25) is 4.79 Å². The van der Waals surface area contributed by atoms with Gasteiger partial charge in [-0.25, -0.2) is 9.59 Å². The molecule has 0 aliphatic carbocycles. The zero-order valence-electron chi connectivity index (χ0n) is 12.3. The topological polar surface area (TPSA) is 92.7 Å². The van der Waals surface area contributed by atoms with Crippen molar-refractivity contribution in [3.05, 3.63) is 35.4 Å². The average Bonchev–Trinajstić information content (AvgIpc) is 2.45. The molecular formula is C15H19NO5. The second-order valence-electron chi connectivity index (χ2n) is 5.03. The second-order valence-corrected chi connectivity index (χ2v) is 5.03. The van der Waals surface area contributed by atoms with E-state index in [-0.39, 0.29) is 17.0 Å². The number of methoxy groups -OCH3 is 1. The summed E-state index contributed by atoms with van der Waals surface area (Å²) in [5.41, 5.74) is 0.200. The van der Waals surface area contributed by atoms with E-state index < -0.39 is 23.9 Å². The molecule has 1 rings (SSSR count). The Bertz CT molecular complexity index is 539. The van der Waals surface area contributed by atoms with Crippen molar-refractivity contribution in [2.24, 2.45) is 5.92 Å². The first-order valence-corrected chi connectivity index (χ1v) is 6.57. The number of nitrogens with one attached hydrogen (secondary N) is 1. The van der Waals surface area contributed by atoms with Gasteiger partial charge >= 0.3 is 11.9 Å². The van der Waals surface area contributed by atoms with Gasteiger partial charge in [-0.2, -0.15) is 0 Å². The third-order valence-electron chi connectivity index (χ3n) is 2.89. The third-order valence-corrected chi connectivity index (χ3v) is 2.89. The molecule has 6 nitrogen and oxygen atoms in total. The Balaban J connectivity index is 2.98. The maximum absolute atomic E-state index is 12.2. The van der Waals surface area contributed by atoms with Crippen molar-refractivity contribution in [2.45, 2.75) is 26.3 Å². The molecule has 1 aromatic carbocycles. The van der Waals surface area contributed by atoms with Crippen LogP contribution in [0.5, 0.6) is 0 Å². The van der Waals surface area contributed by atoms with Crippen LogP contribution in [0.3, 0.4) is 0 Å². The maximum atomic E-state index is 12.2. The Morgan fingerprint density at radius 2 is 1.76 bits per heavy atom. The van der Waals surface area contributed by atoms with E-state index in [0.29, 0.717) is 6.42 Å². The summed E-state index contributed by atoms with van der Waals surface area (Å²) in [6.07, 6.45) is 0.307. The Labute approximate surface area is 123 Å². The number of rotatable bonds is 6. The van der Waals surface area contributed by atoms with Crippen LogP contribution in [0, 0.1) is 5.92 Å². The van der Waals surface area contributed by atoms with E-state index in [9.17, 15) is 14.4 Å². The summed E-state index contributed by atoms with van der Waals surface area (Å²) in [4.78, 5) is 35.0. The number of ether oxygens (including phenoxy) is 1. The number of aliphatic carboxylic acids is 1. The quantitative estimate of drug-likeness (QED) is 0.779. The van der Waals surface area contributed by atoms with Crippen molar-refractivity contribution >= 4 is 17.8 Å². The first-order valence-electron chi connectivity index (χ1n) is 6.57. The van der Waals surface area contributed by atoms with E-state index in [1.54, 1.807) is 12.1 Å². The predicted octanol–water partition coefficient (Wildman–Crippen LogP) is 1.70. The normalized spacial score (nSPS) is 11.8. The van der Waals surface area contributed by atoms with Crippen LogP contribution in [-0.4, -0.2) is 36.1 Å². The van der Waals surface area contributed by atoms with Gasteiger partial charge in [0.1, 0.15) is 6.04 Å². The van der Waals surface area contributed by atoms with Crippen molar-refractivity contribution in [1.29, 1.82) is 0 Å². The molecule has 0 aromatic heterocycles. The van der Waals surface area contributed by atoms with Gasteiger partial charge in [0.15, 0.2) is 0 Å². The summed E-state index contributed by atoms with van der Waals surface area (Å²) in [6, 6.07) is 5.11. The van der Waals surface area contributed by atoms with Crippen LogP contribution >= 0.6 is 0 Å². The standard InChI is InChI=1S/C15H19NO5/c1-9(2)8-12(14(18)19)16-13(17)10-6-4-5-7-11(10)15(20)21-3/h4-7,9,12H,8H2,1-3H3,(H,16,17)(H,18,19). The molecule has 0 saturated carbocycles. The highest BCUT2D eigenvalue weighted by atomic mass is 16.5. The van der Waals surface area contributed by atoms with Gasteiger partial charge in [0.05, 0.1) is 18.2 Å². The summed E-state index contributed by atoms with van der Waals surface area (Å²) in [5.74, 6) is -2.24. The summed E-state index contributed by atoms with van der Waals surface area (Å²) >= 11 is 0. The van der Waals surface area contributed by atoms with Crippen molar-refractivity contribution in [3.8, 4) is 0 Å². The van der Waals surface area contributed by atoms with Crippen LogP contribution in [-0.2, 0) is 9.53 Å². The molecule has 0 spiro atoms. The molecule has 1 aromatic rings. The molecule has 0 fully saturated rings. The van der Waals surface area contributed by atoms with Crippen LogP contribution in [0.15, 0.2) is 24.3 Å². The Kier molecular flexibility index (Phi) is 5.90. The molecule has 6 heteroatoms. The fraction of sp³-hybridized carbons (Fsp3) is 0.400. The summed E-state index contributed by atoms with van der Waals surface area (Å²) in [5, 5.41) is 11.6. The van der Waals surface area contributed by atoms with E-state index in [2.05, 4.69) is 10.1 Å². The molecule has 114 valence electrons. The van der Waals surface area contributed by atoms with Gasteiger partial charge in [0, 0.05) is 0 Å². The van der Waals surface area contributed by atoms with Crippen molar-refractivity contribution in [3.63, 3.8) is 0 Å². The molecule has 1 amide bonds. The monoisotopic (exact) mass is 293 g/mol. The van der Waals surface area contributed by atoms with Crippen LogP contribution in [0.1, 0.15) is 41.0 Å². The maximum Gasteiger partial charge on any atom is 0.338 e. The average molecular weight is 293 g/mol. The number of hydrogen-bond donors (Lipinski definition) is 2. The SMILES string of the molecule is COC(=O)c1ccccc1C(=O)NC(CC(C)C)C(=O)O. The van der Waals surface area contributed by atoms with Crippen LogP contribution in [0.2, 0.25) is 0 Å². The van der Waals surface area contributed by atoms with Crippen LogP contribution in [0.4, 0.5) is 0 Å². The molecule has 0 heterocycles. The van der Waals surface area contributed by atoms with Crippen molar-refractivity contribution in [1.82, 2.24) is 5.32 Å². The minimum Gasteiger partial charge on any atom is -0.480 e. The van der Waals surface area contributed by atoms with E-state index in [1.165, 1.54) is 19.2 Å². The lowest BCUT2D eigenvalue weighted by Gasteiger charge is -2.17. The van der Waals surface area contributed by atoms with E-state index >= 15 is 0 Å². The molecule has 2 N–H and O–H groups in total. The van der Waals surface area contributed by atoms with Crippen LogP contribution in [0.25, 0.3) is 0 Å². The number of benzene rings is 1. The number of carbonyl (C=O) groups is 3. The lowest BCUT2D eigenvalue weighted by molar-refractivity contribution is -0.139. The van der Waals surface area contributed by atoms with Gasteiger partial charge in [-0.1, -0.05) is 26.0 Å². The second kappa shape index (κ2) is 7.42. The highest BCUT2D eigenvalue weighted by Gasteiger charge is 2.24. The van der Waals surface area contributed by atoms with Gasteiger partial charge in [0.2, 0.25) is 0 Å². The third kappa shape index (κ3) is 4.59. The van der Waals surface area contributed by atoms with Gasteiger partial charge in [-0.05, 0) is 24.5 Å². The minimum atomic E-state index is -1.10. The summed E-state index contributed by atoms with van der Waals surface area (Å²) in [7, 11) is 1.22. The molecule has 21 heavy (non-hydrogen) atoms. The number of hydrogen-bond acceptors (Lipinski definition) is 4. The highest BCUT2D eigenvalue weighted by Crippen LogP contribution is 2.12. The first kappa shape index (κ1) is 16.7. The Morgan fingerprint density at radius 1 is 1.19 bits per heavy atom. The molecule has 0 saturated heterocycles. The zero-order valence-corrected chi connectivity index (χ0v) is 12.3. The summed E-state index contributed by atoms with van der Waals surface area (Å²) < 4.78 is 4.61. The van der Waals surface area contributed by atoms with E-state index in [0.717, 1.165) is 0 Å². The Morgan fingerprint density at radius 3 is 2.24 bits per heavy atom. The predicted molar refractivity (Wildman–Crippen MR) is 76.1 cm³/mol. The Hall–Kier alpha value is -2.37. The number of esters is 1. The van der Waals surface area contributed by atoms with Gasteiger partial charge < -0.3 is 15.2 Å². The minimum absolute atomic E-state index is 0.0966. The number of carboxylic acids is 1. The van der Waals surface area contributed by atoms with E-state index in [4.69, 9.17) is 5.11 Å². The van der Waals surface area contributed by atoms with Crippen molar-refractivity contribution < 1.29 is 24.2 Å². The molecule has 0 radical (unpaired) electrons. The summed E-state index contributed by atoms with van der Waals surface area (Å²) in [6.45, 7) is 3.73. The molecule has 1 atom stereocenters. The van der Waals surface area contributed by atoms with E-state index in [1.807, 2.05) is 13.8 Å². The number of carboxylic acid groups (broad SMARTS) is 1.